The van der Waals surface area contributed by atoms with Crippen molar-refractivity contribution in [1.82, 2.24) is 9.38 Å². The van der Waals surface area contributed by atoms with E-state index < -0.39 is 0 Å². The molecule has 0 aliphatic rings. The molecule has 0 N–H and O–H groups in total. The van der Waals surface area contributed by atoms with Crippen LogP contribution < -0.4 is 0 Å². The molecule has 102 valence electrons. The molecule has 0 spiro atoms. The summed E-state index contributed by atoms with van der Waals surface area (Å²) in [5.74, 6) is 1.05. The lowest BCUT2D eigenvalue weighted by molar-refractivity contribution is 0.851. The molecule has 2 aromatic heterocycles. The van der Waals surface area contributed by atoms with E-state index in [1.807, 2.05) is 18.2 Å². The van der Waals surface area contributed by atoms with Crippen molar-refractivity contribution in [2.75, 3.05) is 0 Å². The average Bonchev–Trinajstić information content (AvgIpc) is 2.76. The van der Waals surface area contributed by atoms with Crippen LogP contribution >= 0.6 is 27.5 Å². The van der Waals surface area contributed by atoms with Crippen LogP contribution in [0.1, 0.15) is 17.0 Å². The molecule has 0 radical (unpaired) electrons. The first-order valence-corrected chi connectivity index (χ1v) is 7.69. The number of aromatic nitrogens is 2. The zero-order valence-electron chi connectivity index (χ0n) is 11.1. The van der Waals surface area contributed by atoms with Gasteiger partial charge in [0.25, 0.3) is 0 Å². The van der Waals surface area contributed by atoms with E-state index >= 15 is 0 Å². The molecule has 2 nitrogen and oxygen atoms in total. The second-order valence-corrected chi connectivity index (χ2v) is 5.98. The highest BCUT2D eigenvalue weighted by Gasteiger charge is 2.11. The summed E-state index contributed by atoms with van der Waals surface area (Å²) in [6.45, 7) is 2.10. The van der Waals surface area contributed by atoms with Crippen LogP contribution in [0.3, 0.4) is 0 Å². The van der Waals surface area contributed by atoms with Crippen molar-refractivity contribution < 1.29 is 0 Å². The van der Waals surface area contributed by atoms with Gasteiger partial charge in [-0.3, -0.25) is 0 Å². The fourth-order valence-electron chi connectivity index (χ4n) is 2.44. The SMILES string of the molecule is Cc1cccn2c(CCc3ccccc3Cl)nc(Br)c12. The maximum atomic E-state index is 6.20. The Bertz CT molecular complexity index is 764. The molecule has 0 saturated carbocycles. The number of imidazole rings is 1. The molecule has 0 atom stereocenters. The Kier molecular flexibility index (Phi) is 3.81. The molecule has 1 aromatic carbocycles. The number of hydrogen-bond acceptors (Lipinski definition) is 1. The summed E-state index contributed by atoms with van der Waals surface area (Å²) >= 11 is 9.75. The Morgan fingerprint density at radius 1 is 1.15 bits per heavy atom. The number of aryl methyl sites for hydroxylation is 3. The minimum absolute atomic E-state index is 0.823. The third kappa shape index (κ3) is 2.48. The summed E-state index contributed by atoms with van der Waals surface area (Å²) in [6.07, 6.45) is 3.81. The number of benzene rings is 1. The molecular weight excluding hydrogens is 336 g/mol. The molecule has 0 amide bonds. The summed E-state index contributed by atoms with van der Waals surface area (Å²) in [5, 5.41) is 0.823. The Hall–Kier alpha value is -1.32. The van der Waals surface area contributed by atoms with Crippen molar-refractivity contribution in [3.05, 3.63) is 69.2 Å². The van der Waals surface area contributed by atoms with Gasteiger partial charge in [-0.2, -0.15) is 0 Å². The van der Waals surface area contributed by atoms with Crippen LogP contribution in [0.2, 0.25) is 5.02 Å². The van der Waals surface area contributed by atoms with Gasteiger partial charge >= 0.3 is 0 Å². The van der Waals surface area contributed by atoms with Crippen LogP contribution in [0.25, 0.3) is 5.52 Å². The molecule has 3 aromatic rings. The predicted octanol–water partition coefficient (Wildman–Crippen LogP) is 4.84. The van der Waals surface area contributed by atoms with Crippen molar-refractivity contribution in [1.29, 1.82) is 0 Å². The Morgan fingerprint density at radius 2 is 1.95 bits per heavy atom. The molecule has 0 saturated heterocycles. The Labute approximate surface area is 131 Å². The van der Waals surface area contributed by atoms with Crippen LogP contribution in [0.15, 0.2) is 47.2 Å². The summed E-state index contributed by atoms with van der Waals surface area (Å²) in [5.41, 5.74) is 3.52. The zero-order chi connectivity index (χ0) is 14.1. The van der Waals surface area contributed by atoms with Gasteiger partial charge in [0.2, 0.25) is 0 Å². The highest BCUT2D eigenvalue weighted by Crippen LogP contribution is 2.24. The van der Waals surface area contributed by atoms with Crippen LogP contribution in [0, 0.1) is 6.92 Å². The largest absolute Gasteiger partial charge is 0.302 e. The van der Waals surface area contributed by atoms with Crippen molar-refractivity contribution in [2.24, 2.45) is 0 Å². The Morgan fingerprint density at radius 3 is 2.75 bits per heavy atom. The zero-order valence-corrected chi connectivity index (χ0v) is 13.4. The van der Waals surface area contributed by atoms with E-state index in [2.05, 4.69) is 56.6 Å². The summed E-state index contributed by atoms with van der Waals surface area (Å²) in [4.78, 5) is 4.63. The second-order valence-electron chi connectivity index (χ2n) is 4.82. The van der Waals surface area contributed by atoms with Gasteiger partial charge in [-0.1, -0.05) is 35.9 Å². The molecule has 4 heteroatoms. The van der Waals surface area contributed by atoms with Crippen molar-refractivity contribution >= 4 is 33.0 Å². The third-order valence-electron chi connectivity index (χ3n) is 3.47. The van der Waals surface area contributed by atoms with Gasteiger partial charge in [0.05, 0.1) is 5.52 Å². The summed E-state index contributed by atoms with van der Waals surface area (Å²) in [6, 6.07) is 12.1. The highest BCUT2D eigenvalue weighted by molar-refractivity contribution is 9.10. The van der Waals surface area contributed by atoms with Crippen molar-refractivity contribution in [3.8, 4) is 0 Å². The molecule has 0 fully saturated rings. The van der Waals surface area contributed by atoms with E-state index in [0.717, 1.165) is 39.4 Å². The lowest BCUT2D eigenvalue weighted by atomic mass is 10.1. The number of fused-ring (bicyclic) bond motifs is 1. The number of hydrogen-bond donors (Lipinski definition) is 0. The molecule has 2 heterocycles. The van der Waals surface area contributed by atoms with Gasteiger partial charge in [-0.05, 0) is 52.5 Å². The smallest absolute Gasteiger partial charge is 0.132 e. The monoisotopic (exact) mass is 348 g/mol. The van der Waals surface area contributed by atoms with Crippen LogP contribution in [-0.2, 0) is 12.8 Å². The molecule has 0 unspecified atom stereocenters. The molecule has 0 aliphatic heterocycles. The first kappa shape index (κ1) is 13.7. The molecule has 3 rings (SSSR count). The topological polar surface area (TPSA) is 17.3 Å². The molecule has 0 aliphatic carbocycles. The number of halogens is 2. The summed E-state index contributed by atoms with van der Waals surface area (Å²) < 4.78 is 3.06. The first-order valence-electron chi connectivity index (χ1n) is 6.52. The third-order valence-corrected chi connectivity index (χ3v) is 4.39. The fourth-order valence-corrected chi connectivity index (χ4v) is 3.38. The van der Waals surface area contributed by atoms with Gasteiger partial charge in [-0.25, -0.2) is 4.98 Å². The van der Waals surface area contributed by atoms with Crippen LogP contribution in [0.5, 0.6) is 0 Å². The second kappa shape index (κ2) is 5.58. The normalized spacial score (nSPS) is 11.2. The lowest BCUT2D eigenvalue weighted by Gasteiger charge is -2.04. The first-order chi connectivity index (χ1) is 9.66. The van der Waals surface area contributed by atoms with E-state index in [4.69, 9.17) is 11.6 Å². The van der Waals surface area contributed by atoms with E-state index in [9.17, 15) is 0 Å². The number of rotatable bonds is 3. The van der Waals surface area contributed by atoms with Gasteiger partial charge in [0.1, 0.15) is 10.4 Å². The van der Waals surface area contributed by atoms with Gasteiger partial charge in [-0.15, -0.1) is 0 Å². The van der Waals surface area contributed by atoms with Gasteiger partial charge < -0.3 is 4.40 Å². The maximum Gasteiger partial charge on any atom is 0.132 e. The predicted molar refractivity (Wildman–Crippen MR) is 86.5 cm³/mol. The van der Waals surface area contributed by atoms with E-state index in [-0.39, 0.29) is 0 Å². The Balaban J connectivity index is 1.93. The van der Waals surface area contributed by atoms with Crippen LogP contribution in [0.4, 0.5) is 0 Å². The highest BCUT2D eigenvalue weighted by atomic mass is 79.9. The number of pyridine rings is 1. The van der Waals surface area contributed by atoms with E-state index in [0.29, 0.717) is 0 Å². The molecule has 20 heavy (non-hydrogen) atoms. The van der Waals surface area contributed by atoms with Gasteiger partial charge in [0, 0.05) is 17.6 Å². The molecular formula is C16H14BrClN2. The number of nitrogens with zero attached hydrogens (tertiary/aromatic N) is 2. The fraction of sp³-hybridized carbons (Fsp3) is 0.188. The lowest BCUT2D eigenvalue weighted by Crippen LogP contribution is -1.98. The van der Waals surface area contributed by atoms with E-state index in [1.165, 1.54) is 5.56 Å². The minimum atomic E-state index is 0.823. The van der Waals surface area contributed by atoms with Crippen molar-refractivity contribution in [3.63, 3.8) is 0 Å². The standard InChI is InChI=1S/C16H14BrClN2/c1-11-5-4-10-20-14(19-16(17)15(11)20)9-8-12-6-2-3-7-13(12)18/h2-7,10H,8-9H2,1H3. The van der Waals surface area contributed by atoms with Gasteiger partial charge in [0.15, 0.2) is 0 Å². The maximum absolute atomic E-state index is 6.20. The quantitative estimate of drug-likeness (QED) is 0.661. The molecule has 0 bridgehead atoms. The van der Waals surface area contributed by atoms with Crippen LogP contribution in [-0.4, -0.2) is 9.38 Å². The van der Waals surface area contributed by atoms with Crippen molar-refractivity contribution in [2.45, 2.75) is 19.8 Å². The average molecular weight is 350 g/mol. The van der Waals surface area contributed by atoms with E-state index in [1.54, 1.807) is 0 Å². The summed E-state index contributed by atoms with van der Waals surface area (Å²) in [7, 11) is 0. The minimum Gasteiger partial charge on any atom is -0.302 e.